The number of carbonyl (C=O) groups is 1. The Morgan fingerprint density at radius 1 is 1.09 bits per heavy atom. The zero-order chi connectivity index (χ0) is 16.2. The van der Waals surface area contributed by atoms with Gasteiger partial charge < -0.3 is 5.32 Å². The van der Waals surface area contributed by atoms with E-state index in [-0.39, 0.29) is 11.7 Å². The molecule has 2 aromatic carbocycles. The molecule has 0 bridgehead atoms. The molecule has 0 aliphatic carbocycles. The lowest BCUT2D eigenvalue weighted by molar-refractivity contribution is 0.0950. The Balaban J connectivity index is 1.75. The molecule has 3 aromatic rings. The highest BCUT2D eigenvalue weighted by Gasteiger charge is 2.13. The van der Waals surface area contributed by atoms with Gasteiger partial charge in [0.25, 0.3) is 5.91 Å². The van der Waals surface area contributed by atoms with Crippen LogP contribution in [-0.4, -0.2) is 22.4 Å². The topological polar surface area (TPSA) is 54.9 Å². The Kier molecular flexibility index (Phi) is 4.28. The molecule has 0 atom stereocenters. The van der Waals surface area contributed by atoms with Gasteiger partial charge in [0, 0.05) is 11.9 Å². The standard InChI is InChI=1S/C18H16FN3O/c1-12-21-16-9-5-3-7-14(16)17(22-12)18(23)20-11-10-13-6-2-4-8-15(13)19/h2-9H,10-11H2,1H3,(H,20,23). The minimum absolute atomic E-state index is 0.259. The Hall–Kier alpha value is -2.82. The Morgan fingerprint density at radius 3 is 2.65 bits per heavy atom. The number of hydrogen-bond donors (Lipinski definition) is 1. The maximum Gasteiger partial charge on any atom is 0.270 e. The van der Waals surface area contributed by atoms with E-state index in [1.807, 2.05) is 24.3 Å². The molecule has 0 aliphatic heterocycles. The van der Waals surface area contributed by atoms with Gasteiger partial charge in [-0.15, -0.1) is 0 Å². The van der Waals surface area contributed by atoms with Gasteiger partial charge in [-0.3, -0.25) is 4.79 Å². The van der Waals surface area contributed by atoms with Gasteiger partial charge in [0.05, 0.1) is 5.52 Å². The number of rotatable bonds is 4. The third-order valence-electron chi connectivity index (χ3n) is 3.57. The average molecular weight is 309 g/mol. The van der Waals surface area contributed by atoms with E-state index < -0.39 is 0 Å². The number of amides is 1. The predicted molar refractivity (Wildman–Crippen MR) is 86.7 cm³/mol. The maximum absolute atomic E-state index is 13.6. The van der Waals surface area contributed by atoms with Gasteiger partial charge in [-0.1, -0.05) is 36.4 Å². The zero-order valence-corrected chi connectivity index (χ0v) is 12.7. The minimum Gasteiger partial charge on any atom is -0.350 e. The molecule has 3 rings (SSSR count). The van der Waals surface area contributed by atoms with Crippen LogP contribution in [0.25, 0.3) is 10.9 Å². The van der Waals surface area contributed by atoms with Gasteiger partial charge in [0.2, 0.25) is 0 Å². The number of benzene rings is 2. The molecule has 1 N–H and O–H groups in total. The lowest BCUT2D eigenvalue weighted by Gasteiger charge is -2.08. The second-order valence-corrected chi connectivity index (χ2v) is 5.23. The van der Waals surface area contributed by atoms with Crippen molar-refractivity contribution in [3.05, 3.63) is 71.4 Å². The first-order valence-electron chi connectivity index (χ1n) is 7.40. The van der Waals surface area contributed by atoms with Gasteiger partial charge in [-0.2, -0.15) is 0 Å². The van der Waals surface area contributed by atoms with E-state index >= 15 is 0 Å². The van der Waals surface area contributed by atoms with E-state index in [4.69, 9.17) is 0 Å². The normalized spacial score (nSPS) is 10.7. The molecule has 0 radical (unpaired) electrons. The van der Waals surface area contributed by atoms with Crippen molar-refractivity contribution in [2.75, 3.05) is 6.54 Å². The fourth-order valence-electron chi connectivity index (χ4n) is 2.46. The zero-order valence-electron chi connectivity index (χ0n) is 12.7. The lowest BCUT2D eigenvalue weighted by Crippen LogP contribution is -2.27. The van der Waals surface area contributed by atoms with Crippen LogP contribution in [0, 0.1) is 12.7 Å². The number of fused-ring (bicyclic) bond motifs is 1. The summed E-state index contributed by atoms with van der Waals surface area (Å²) in [7, 11) is 0. The number of nitrogens with zero attached hydrogens (tertiary/aromatic N) is 2. The van der Waals surface area contributed by atoms with Crippen molar-refractivity contribution in [1.82, 2.24) is 15.3 Å². The van der Waals surface area contributed by atoms with Gasteiger partial charge in [-0.05, 0) is 31.0 Å². The summed E-state index contributed by atoms with van der Waals surface area (Å²) in [6, 6.07) is 13.9. The number of aryl methyl sites for hydroxylation is 1. The molecule has 0 fully saturated rings. The molecule has 4 nitrogen and oxygen atoms in total. The predicted octanol–water partition coefficient (Wildman–Crippen LogP) is 3.05. The Bertz CT molecular complexity index is 864. The van der Waals surface area contributed by atoms with Gasteiger partial charge in [0.15, 0.2) is 0 Å². The number of halogens is 1. The van der Waals surface area contributed by atoms with E-state index in [0.717, 1.165) is 5.52 Å². The second kappa shape index (κ2) is 6.52. The monoisotopic (exact) mass is 309 g/mol. The average Bonchev–Trinajstić information content (AvgIpc) is 2.55. The summed E-state index contributed by atoms with van der Waals surface area (Å²) in [6.45, 7) is 2.10. The van der Waals surface area contributed by atoms with Crippen LogP contribution in [0.2, 0.25) is 0 Å². The van der Waals surface area contributed by atoms with Crippen LogP contribution in [-0.2, 0) is 6.42 Å². The molecule has 1 aromatic heterocycles. The van der Waals surface area contributed by atoms with E-state index in [1.54, 1.807) is 25.1 Å². The van der Waals surface area contributed by atoms with Crippen LogP contribution < -0.4 is 5.32 Å². The first-order chi connectivity index (χ1) is 11.1. The molecule has 116 valence electrons. The number of para-hydroxylation sites is 1. The van der Waals surface area contributed by atoms with Crippen LogP contribution in [0.4, 0.5) is 4.39 Å². The summed E-state index contributed by atoms with van der Waals surface area (Å²) in [6.07, 6.45) is 0.431. The molecular weight excluding hydrogens is 293 g/mol. The van der Waals surface area contributed by atoms with Crippen LogP contribution in [0.5, 0.6) is 0 Å². The highest BCUT2D eigenvalue weighted by molar-refractivity contribution is 6.04. The SMILES string of the molecule is Cc1nc(C(=O)NCCc2ccccc2F)c2ccccc2n1. The number of carbonyl (C=O) groups excluding carboxylic acids is 1. The largest absolute Gasteiger partial charge is 0.350 e. The second-order valence-electron chi connectivity index (χ2n) is 5.23. The molecule has 1 heterocycles. The quantitative estimate of drug-likeness (QED) is 0.806. The molecule has 0 spiro atoms. The van der Waals surface area contributed by atoms with E-state index in [1.165, 1.54) is 6.07 Å². The van der Waals surface area contributed by atoms with Crippen LogP contribution in [0.1, 0.15) is 21.9 Å². The molecular formula is C18H16FN3O. The number of nitrogens with one attached hydrogen (secondary N) is 1. The number of aromatic nitrogens is 2. The van der Waals surface area contributed by atoms with Crippen LogP contribution >= 0.6 is 0 Å². The van der Waals surface area contributed by atoms with Crippen molar-refractivity contribution in [1.29, 1.82) is 0 Å². The Labute approximate surface area is 133 Å². The van der Waals surface area contributed by atoms with Crippen LogP contribution in [0.3, 0.4) is 0 Å². The van der Waals surface area contributed by atoms with Gasteiger partial charge in [-0.25, -0.2) is 14.4 Å². The third kappa shape index (κ3) is 3.34. The van der Waals surface area contributed by atoms with E-state index in [0.29, 0.717) is 35.4 Å². The molecule has 5 heteroatoms. The van der Waals surface area contributed by atoms with Crippen molar-refractivity contribution in [3.63, 3.8) is 0 Å². The molecule has 0 unspecified atom stereocenters. The smallest absolute Gasteiger partial charge is 0.270 e. The number of hydrogen-bond acceptors (Lipinski definition) is 3. The van der Waals surface area contributed by atoms with Crippen LogP contribution in [0.15, 0.2) is 48.5 Å². The maximum atomic E-state index is 13.6. The summed E-state index contributed by atoms with van der Waals surface area (Å²) in [5.74, 6) is 0.0103. The minimum atomic E-state index is -0.275. The summed E-state index contributed by atoms with van der Waals surface area (Å²) < 4.78 is 13.6. The van der Waals surface area contributed by atoms with E-state index in [2.05, 4.69) is 15.3 Å². The highest BCUT2D eigenvalue weighted by atomic mass is 19.1. The van der Waals surface area contributed by atoms with Crippen molar-refractivity contribution in [3.8, 4) is 0 Å². The van der Waals surface area contributed by atoms with Crippen molar-refractivity contribution >= 4 is 16.8 Å². The fraction of sp³-hybridized carbons (Fsp3) is 0.167. The first-order valence-corrected chi connectivity index (χ1v) is 7.40. The molecule has 1 amide bonds. The van der Waals surface area contributed by atoms with Crippen molar-refractivity contribution < 1.29 is 9.18 Å². The summed E-state index contributed by atoms with van der Waals surface area (Å²) in [5.41, 5.74) is 1.66. The molecule has 0 aliphatic rings. The van der Waals surface area contributed by atoms with Gasteiger partial charge in [0.1, 0.15) is 17.3 Å². The Morgan fingerprint density at radius 2 is 1.83 bits per heavy atom. The fourth-order valence-corrected chi connectivity index (χ4v) is 2.46. The first kappa shape index (κ1) is 15.1. The molecule has 0 saturated heterocycles. The molecule has 23 heavy (non-hydrogen) atoms. The van der Waals surface area contributed by atoms with Crippen molar-refractivity contribution in [2.45, 2.75) is 13.3 Å². The van der Waals surface area contributed by atoms with Crippen molar-refractivity contribution in [2.24, 2.45) is 0 Å². The third-order valence-corrected chi connectivity index (χ3v) is 3.57. The highest BCUT2D eigenvalue weighted by Crippen LogP contribution is 2.15. The van der Waals surface area contributed by atoms with E-state index in [9.17, 15) is 9.18 Å². The molecule has 0 saturated carbocycles. The lowest BCUT2D eigenvalue weighted by atomic mass is 10.1. The summed E-state index contributed by atoms with van der Waals surface area (Å²) in [5, 5.41) is 3.51. The summed E-state index contributed by atoms with van der Waals surface area (Å²) in [4.78, 5) is 21.0. The van der Waals surface area contributed by atoms with Gasteiger partial charge >= 0.3 is 0 Å². The summed E-state index contributed by atoms with van der Waals surface area (Å²) >= 11 is 0.